The van der Waals surface area contributed by atoms with Gasteiger partial charge < -0.3 is 4.57 Å². The minimum atomic E-state index is -8.29. The second kappa shape index (κ2) is 10.9. The number of allylic oxidation sites excluding steroid dienone is 1. The van der Waals surface area contributed by atoms with E-state index < -0.39 is 60.1 Å². The fourth-order valence-corrected chi connectivity index (χ4v) is 6.36. The zero-order valence-corrected chi connectivity index (χ0v) is 21.5. The second-order valence-corrected chi connectivity index (χ2v) is 11.6. The van der Waals surface area contributed by atoms with Crippen LogP contribution in [0.25, 0.3) is 5.83 Å². The van der Waals surface area contributed by atoms with Crippen LogP contribution in [0.15, 0.2) is 90.8 Å². The van der Waals surface area contributed by atoms with Crippen LogP contribution in [0.1, 0.15) is 5.56 Å². The quantitative estimate of drug-likeness (QED) is 0.166. The topological polar surface area (TPSA) is 17.1 Å². The lowest BCUT2D eigenvalue weighted by molar-refractivity contribution is -0.437. The van der Waals surface area contributed by atoms with E-state index in [2.05, 4.69) is 0 Å². The Morgan fingerprint density at radius 3 is 1.19 bits per heavy atom. The van der Waals surface area contributed by atoms with Crippen LogP contribution in [0.3, 0.4) is 0 Å². The van der Waals surface area contributed by atoms with Crippen LogP contribution in [-0.2, 0) is 4.57 Å². The molecule has 43 heavy (non-hydrogen) atoms. The Hall–Kier alpha value is -3.42. The molecule has 0 radical (unpaired) electrons. The van der Waals surface area contributed by atoms with Crippen LogP contribution in [-0.4, -0.2) is 35.8 Å². The first-order chi connectivity index (χ1) is 19.5. The molecular formula is C26H14F15OP. The van der Waals surface area contributed by atoms with Crippen LogP contribution in [0.4, 0.5) is 65.9 Å². The van der Waals surface area contributed by atoms with Crippen molar-refractivity contribution in [2.24, 2.45) is 0 Å². The molecule has 3 rings (SSSR count). The summed E-state index contributed by atoms with van der Waals surface area (Å²) in [7, 11) is -3.83. The van der Waals surface area contributed by atoms with Gasteiger partial charge in [0.15, 0.2) is 13.0 Å². The van der Waals surface area contributed by atoms with E-state index in [1.165, 1.54) is 48.5 Å². The number of hydrogen-bond acceptors (Lipinski definition) is 1. The molecule has 17 heteroatoms. The Labute approximate surface area is 232 Å². The van der Waals surface area contributed by atoms with Gasteiger partial charge in [0, 0.05) is 21.5 Å². The molecule has 0 aliphatic carbocycles. The lowest BCUT2D eigenvalue weighted by atomic mass is 9.93. The molecule has 0 unspecified atom stereocenters. The van der Waals surface area contributed by atoms with Gasteiger partial charge in [-0.3, -0.25) is 0 Å². The van der Waals surface area contributed by atoms with E-state index in [4.69, 9.17) is 0 Å². The maximum absolute atomic E-state index is 14.6. The van der Waals surface area contributed by atoms with Gasteiger partial charge in [0.05, 0.1) is 0 Å². The molecule has 3 aromatic rings. The number of rotatable bonds is 9. The average molecular weight is 658 g/mol. The molecule has 0 N–H and O–H groups in total. The van der Waals surface area contributed by atoms with Crippen molar-refractivity contribution in [3.8, 4) is 0 Å². The van der Waals surface area contributed by atoms with Gasteiger partial charge in [-0.1, -0.05) is 84.9 Å². The van der Waals surface area contributed by atoms with Gasteiger partial charge >= 0.3 is 35.8 Å². The van der Waals surface area contributed by atoms with Gasteiger partial charge in [-0.15, -0.1) is 0 Å². The molecule has 0 spiro atoms. The Kier molecular flexibility index (Phi) is 8.67. The van der Waals surface area contributed by atoms with Gasteiger partial charge in [-0.2, -0.15) is 57.1 Å². The molecule has 0 saturated carbocycles. The number of alkyl halides is 13. The normalized spacial score (nSPS) is 14.9. The molecule has 3 aromatic carbocycles. The van der Waals surface area contributed by atoms with E-state index in [-0.39, 0.29) is 15.9 Å². The molecular weight excluding hydrogens is 644 g/mol. The van der Waals surface area contributed by atoms with Crippen LogP contribution in [0.2, 0.25) is 0 Å². The first-order valence-electron chi connectivity index (χ1n) is 11.3. The van der Waals surface area contributed by atoms with Crippen molar-refractivity contribution < 1.29 is 70.4 Å². The first-order valence-corrected chi connectivity index (χ1v) is 13.0. The predicted molar refractivity (Wildman–Crippen MR) is 126 cm³/mol. The highest BCUT2D eigenvalue weighted by Gasteiger charge is 2.91. The zero-order valence-electron chi connectivity index (χ0n) is 20.6. The summed E-state index contributed by atoms with van der Waals surface area (Å²) in [6, 6.07) is 17.0. The summed E-state index contributed by atoms with van der Waals surface area (Å²) in [6.45, 7) is 0. The minimum Gasteiger partial charge on any atom is -0.309 e. The number of halogens is 15. The standard InChI is InChI=1S/C26H14F15OP/c27-19(20(28)21(29,30)22(31,32)23(33,34)24(35,36)25(37,38)26(39,40)41)15-11-13-18(14-12-15)43(42,16-7-3-1-4-8-16)17-9-5-2-6-10-17/h1-14H. The molecule has 1 nitrogen and oxygen atoms in total. The Bertz CT molecular complexity index is 1470. The van der Waals surface area contributed by atoms with E-state index >= 15 is 0 Å². The summed E-state index contributed by atoms with van der Waals surface area (Å²) in [5.74, 6) is -47.3. The van der Waals surface area contributed by atoms with Gasteiger partial charge in [0.1, 0.15) is 0 Å². The zero-order chi connectivity index (χ0) is 32.9. The predicted octanol–water partition coefficient (Wildman–Crippen LogP) is 8.67. The molecule has 0 bridgehead atoms. The van der Waals surface area contributed by atoms with E-state index in [1.54, 1.807) is 12.1 Å². The summed E-state index contributed by atoms with van der Waals surface area (Å²) in [5, 5.41) is 0.196. The lowest BCUT2D eigenvalue weighted by Gasteiger charge is -2.39. The summed E-state index contributed by atoms with van der Waals surface area (Å²) in [6.07, 6.45) is -7.65. The van der Waals surface area contributed by atoms with E-state index in [1.807, 2.05) is 0 Å². The van der Waals surface area contributed by atoms with E-state index in [0.29, 0.717) is 12.1 Å². The molecule has 234 valence electrons. The fraction of sp³-hybridized carbons (Fsp3) is 0.231. The van der Waals surface area contributed by atoms with Crippen molar-refractivity contribution in [3.05, 3.63) is 96.3 Å². The van der Waals surface area contributed by atoms with Crippen molar-refractivity contribution in [1.29, 1.82) is 0 Å². The molecule has 0 aromatic heterocycles. The molecule has 0 fully saturated rings. The Balaban J connectivity index is 2.10. The maximum atomic E-state index is 14.6. The molecule has 0 aliphatic rings. The summed E-state index contributed by atoms with van der Waals surface area (Å²) >= 11 is 0. The molecule has 0 amide bonds. The largest absolute Gasteiger partial charge is 0.460 e. The molecule has 0 heterocycles. The monoisotopic (exact) mass is 658 g/mol. The Morgan fingerprint density at radius 1 is 0.465 bits per heavy atom. The van der Waals surface area contributed by atoms with Crippen LogP contribution in [0.5, 0.6) is 0 Å². The number of benzene rings is 3. The van der Waals surface area contributed by atoms with Gasteiger partial charge in [0.25, 0.3) is 0 Å². The average Bonchev–Trinajstić information content (AvgIpc) is 2.95. The van der Waals surface area contributed by atoms with Crippen LogP contribution < -0.4 is 15.9 Å². The second-order valence-electron chi connectivity index (χ2n) is 8.82. The van der Waals surface area contributed by atoms with Crippen molar-refractivity contribution in [3.63, 3.8) is 0 Å². The third kappa shape index (κ3) is 5.21. The van der Waals surface area contributed by atoms with Gasteiger partial charge in [0.2, 0.25) is 5.83 Å². The third-order valence-corrected chi connectivity index (χ3v) is 9.20. The van der Waals surface area contributed by atoms with Crippen LogP contribution >= 0.6 is 7.14 Å². The highest BCUT2D eigenvalue weighted by atomic mass is 31.2. The maximum Gasteiger partial charge on any atom is 0.460 e. The van der Waals surface area contributed by atoms with Crippen molar-refractivity contribution in [1.82, 2.24) is 0 Å². The minimum absolute atomic E-state index is 0.167. The first kappa shape index (κ1) is 34.1. The van der Waals surface area contributed by atoms with Gasteiger partial charge in [-0.25, -0.2) is 8.78 Å². The summed E-state index contributed by atoms with van der Waals surface area (Å²) in [5.41, 5.74) is -1.43. The molecule has 0 saturated heterocycles. The van der Waals surface area contributed by atoms with Crippen molar-refractivity contribution in [2.75, 3.05) is 0 Å². The SMILES string of the molecule is O=P(c1ccccc1)(c1ccccc1)c1ccc(C(F)=C(F)C(F)(F)C(F)(F)C(F)(F)C(F)(F)C(F)(F)C(F)(F)F)cc1. The number of hydrogen-bond donors (Lipinski definition) is 0. The van der Waals surface area contributed by atoms with Crippen LogP contribution in [0, 0.1) is 0 Å². The fourth-order valence-electron chi connectivity index (χ4n) is 3.71. The highest BCUT2D eigenvalue weighted by molar-refractivity contribution is 7.85. The van der Waals surface area contributed by atoms with E-state index in [9.17, 15) is 70.4 Å². The van der Waals surface area contributed by atoms with Crippen molar-refractivity contribution in [2.45, 2.75) is 35.8 Å². The molecule has 0 aliphatic heterocycles. The summed E-state index contributed by atoms with van der Waals surface area (Å²) in [4.78, 5) is 0. The lowest BCUT2D eigenvalue weighted by Crippen LogP contribution is -2.70. The highest BCUT2D eigenvalue weighted by Crippen LogP contribution is 2.61. The smallest absolute Gasteiger partial charge is 0.309 e. The van der Waals surface area contributed by atoms with Gasteiger partial charge in [-0.05, 0) is 0 Å². The Morgan fingerprint density at radius 2 is 0.814 bits per heavy atom. The molecule has 0 atom stereocenters. The summed E-state index contributed by atoms with van der Waals surface area (Å²) < 4.78 is 216. The van der Waals surface area contributed by atoms with E-state index in [0.717, 1.165) is 12.1 Å². The van der Waals surface area contributed by atoms with Crippen molar-refractivity contribution >= 4 is 28.9 Å². The third-order valence-electron chi connectivity index (χ3n) is 6.13.